The molecule has 3 heteroatoms. The third-order valence-electron chi connectivity index (χ3n) is 8.65. The first-order chi connectivity index (χ1) is 19.7. The minimum atomic E-state index is 0.0988. The van der Waals surface area contributed by atoms with Crippen LogP contribution in [0.15, 0.2) is 114 Å². The van der Waals surface area contributed by atoms with Gasteiger partial charge in [0, 0.05) is 22.1 Å². The van der Waals surface area contributed by atoms with E-state index < -0.39 is 0 Å². The Hall–Kier alpha value is -4.81. The Morgan fingerprint density at radius 2 is 1.34 bits per heavy atom. The highest BCUT2D eigenvalue weighted by Crippen LogP contribution is 2.52. The highest BCUT2D eigenvalue weighted by atomic mass is 16.3. The topological polar surface area (TPSA) is 20.7 Å². The van der Waals surface area contributed by atoms with Crippen LogP contribution in [0.3, 0.4) is 0 Å². The Bertz CT molecular complexity index is 1970. The zero-order valence-corrected chi connectivity index (χ0v) is 23.9. The second-order valence-electron chi connectivity index (χ2n) is 12.5. The number of anilines is 3. The first kappa shape index (κ1) is 25.2. The molecule has 0 unspecified atom stereocenters. The third-order valence-corrected chi connectivity index (χ3v) is 8.65. The molecule has 1 aliphatic rings. The van der Waals surface area contributed by atoms with Gasteiger partial charge in [-0.2, -0.15) is 0 Å². The Morgan fingerprint density at radius 1 is 0.659 bits per heavy atom. The lowest BCUT2D eigenvalue weighted by atomic mass is 9.82. The maximum atomic E-state index is 7.63. The summed E-state index contributed by atoms with van der Waals surface area (Å²) in [4.78, 5) is 5.92. The molecule has 0 spiro atoms. The van der Waals surface area contributed by atoms with Gasteiger partial charge in [-0.25, -0.2) is 4.85 Å². The molecule has 0 atom stereocenters. The molecule has 0 saturated carbocycles. The zero-order valence-electron chi connectivity index (χ0n) is 23.9. The molecule has 1 aromatic heterocycles. The second kappa shape index (κ2) is 9.11. The predicted molar refractivity (Wildman–Crippen MR) is 171 cm³/mol. The molecule has 7 rings (SSSR count). The van der Waals surface area contributed by atoms with E-state index >= 15 is 0 Å². The van der Waals surface area contributed by atoms with Gasteiger partial charge in [0.25, 0.3) is 0 Å². The molecule has 0 fully saturated rings. The van der Waals surface area contributed by atoms with Crippen LogP contribution in [0, 0.1) is 6.57 Å². The summed E-state index contributed by atoms with van der Waals surface area (Å²) in [6.07, 6.45) is 1.12. The van der Waals surface area contributed by atoms with E-state index in [0.717, 1.165) is 51.0 Å². The summed E-state index contributed by atoms with van der Waals surface area (Å²) in [6.45, 7) is 17.0. The van der Waals surface area contributed by atoms with Crippen molar-refractivity contribution >= 4 is 44.7 Å². The summed E-state index contributed by atoms with van der Waals surface area (Å²) in [6, 6.07) is 37.8. The summed E-state index contributed by atoms with van der Waals surface area (Å²) in [7, 11) is 0. The molecule has 5 aromatic carbocycles. The van der Waals surface area contributed by atoms with Crippen molar-refractivity contribution in [1.29, 1.82) is 0 Å². The van der Waals surface area contributed by atoms with Crippen LogP contribution in [0.5, 0.6) is 0 Å². The van der Waals surface area contributed by atoms with Crippen LogP contribution in [-0.2, 0) is 10.8 Å². The van der Waals surface area contributed by atoms with Gasteiger partial charge in [0.05, 0.1) is 12.3 Å². The molecule has 3 nitrogen and oxygen atoms in total. The number of fused-ring (bicyclic) bond motifs is 4. The van der Waals surface area contributed by atoms with Gasteiger partial charge in [-0.3, -0.25) is 0 Å². The van der Waals surface area contributed by atoms with Crippen molar-refractivity contribution < 1.29 is 4.42 Å². The third kappa shape index (κ3) is 4.10. The molecule has 1 aliphatic carbocycles. The number of benzene rings is 5. The maximum Gasteiger partial charge on any atom is 0.189 e. The number of hydrogen-bond acceptors (Lipinski definition) is 2. The fourth-order valence-corrected chi connectivity index (χ4v) is 6.98. The smallest absolute Gasteiger partial charge is 0.189 e. The molecule has 6 aromatic rings. The molecular weight excluding hydrogens is 500 g/mol. The van der Waals surface area contributed by atoms with Gasteiger partial charge >= 0.3 is 0 Å². The van der Waals surface area contributed by atoms with Gasteiger partial charge in [0.1, 0.15) is 5.58 Å². The quantitative estimate of drug-likeness (QED) is 0.211. The SMILES string of the molecule is [C-]#[N+]c1cccc(N(c2ccc(-c3ccccc3)cc2)c2cccc3c2oc2cc4c(cc23)C(C)(C)CC4(C)C)c1. The Labute approximate surface area is 241 Å². The van der Waals surface area contributed by atoms with Gasteiger partial charge in [0.2, 0.25) is 0 Å². The van der Waals surface area contributed by atoms with E-state index in [1.807, 2.05) is 24.3 Å². The van der Waals surface area contributed by atoms with E-state index in [0.29, 0.717) is 5.69 Å². The number of hydrogen-bond donors (Lipinski definition) is 0. The molecule has 41 heavy (non-hydrogen) atoms. The molecular formula is C38H32N2O. The number of para-hydroxylation sites is 1. The van der Waals surface area contributed by atoms with Crippen LogP contribution in [0.2, 0.25) is 0 Å². The van der Waals surface area contributed by atoms with Crippen molar-refractivity contribution in [1.82, 2.24) is 0 Å². The highest BCUT2D eigenvalue weighted by molar-refractivity contribution is 6.11. The summed E-state index contributed by atoms with van der Waals surface area (Å²) < 4.78 is 6.74. The van der Waals surface area contributed by atoms with Crippen molar-refractivity contribution in [3.05, 3.63) is 132 Å². The summed E-state index contributed by atoms with van der Waals surface area (Å²) in [5.74, 6) is 0. The summed E-state index contributed by atoms with van der Waals surface area (Å²) in [5.41, 5.74) is 10.6. The van der Waals surface area contributed by atoms with Gasteiger partial charge in [-0.15, -0.1) is 0 Å². The van der Waals surface area contributed by atoms with E-state index in [4.69, 9.17) is 11.0 Å². The van der Waals surface area contributed by atoms with Crippen molar-refractivity contribution in [3.8, 4) is 11.1 Å². The standard InChI is InChI=1S/C38H32N2O/c1-37(2)24-38(3,4)33-23-35-31(22-32(33)37)30-15-10-16-34(36(30)41-35)40(29-14-9-13-27(21-29)39-5)28-19-17-26(18-20-28)25-11-7-6-8-12-25/h6-23H,24H2,1-4H3. The van der Waals surface area contributed by atoms with Crippen LogP contribution in [0.4, 0.5) is 22.7 Å². The first-order valence-corrected chi connectivity index (χ1v) is 14.2. The monoisotopic (exact) mass is 532 g/mol. The number of nitrogens with zero attached hydrogens (tertiary/aromatic N) is 2. The Kier molecular flexibility index (Phi) is 5.60. The van der Waals surface area contributed by atoms with Crippen LogP contribution < -0.4 is 4.90 Å². The van der Waals surface area contributed by atoms with Gasteiger partial charge in [-0.05, 0) is 82.0 Å². The number of rotatable bonds is 4. The largest absolute Gasteiger partial charge is 0.454 e. The average Bonchev–Trinajstić information content (AvgIpc) is 3.44. The lowest BCUT2D eigenvalue weighted by Crippen LogP contribution is -2.17. The van der Waals surface area contributed by atoms with E-state index in [1.165, 1.54) is 16.7 Å². The van der Waals surface area contributed by atoms with Crippen molar-refractivity contribution in [3.63, 3.8) is 0 Å². The minimum absolute atomic E-state index is 0.0988. The summed E-state index contributed by atoms with van der Waals surface area (Å²) in [5, 5.41) is 2.26. The van der Waals surface area contributed by atoms with Crippen molar-refractivity contribution in [2.24, 2.45) is 0 Å². The normalized spacial score (nSPS) is 15.1. The molecule has 1 heterocycles. The highest BCUT2D eigenvalue weighted by Gasteiger charge is 2.42. The fraction of sp³-hybridized carbons (Fsp3) is 0.184. The molecule has 200 valence electrons. The Morgan fingerprint density at radius 3 is 2.07 bits per heavy atom. The van der Waals surface area contributed by atoms with E-state index in [-0.39, 0.29) is 10.8 Å². The van der Waals surface area contributed by atoms with Crippen LogP contribution in [0.25, 0.3) is 37.9 Å². The molecule has 0 radical (unpaired) electrons. The van der Waals surface area contributed by atoms with E-state index in [9.17, 15) is 0 Å². The van der Waals surface area contributed by atoms with Crippen LogP contribution in [-0.4, -0.2) is 0 Å². The van der Waals surface area contributed by atoms with Crippen LogP contribution >= 0.6 is 0 Å². The molecule has 0 N–H and O–H groups in total. The second-order valence-corrected chi connectivity index (χ2v) is 12.5. The molecule has 0 bridgehead atoms. The molecule has 0 saturated heterocycles. The van der Waals surface area contributed by atoms with Crippen molar-refractivity contribution in [2.45, 2.75) is 44.9 Å². The minimum Gasteiger partial charge on any atom is -0.454 e. The summed E-state index contributed by atoms with van der Waals surface area (Å²) >= 11 is 0. The first-order valence-electron chi connectivity index (χ1n) is 14.2. The average molecular weight is 533 g/mol. The lowest BCUT2D eigenvalue weighted by molar-refractivity contribution is 0.403. The predicted octanol–water partition coefficient (Wildman–Crippen LogP) is 11.2. The fourth-order valence-electron chi connectivity index (χ4n) is 6.98. The van der Waals surface area contributed by atoms with E-state index in [2.05, 4.69) is 122 Å². The Balaban J connectivity index is 1.44. The zero-order chi connectivity index (χ0) is 28.4. The maximum absolute atomic E-state index is 7.63. The van der Waals surface area contributed by atoms with Gasteiger partial charge in [-0.1, -0.05) is 94.4 Å². The lowest BCUT2D eigenvalue weighted by Gasteiger charge is -2.26. The van der Waals surface area contributed by atoms with Crippen molar-refractivity contribution in [2.75, 3.05) is 4.90 Å². The van der Waals surface area contributed by atoms with E-state index in [1.54, 1.807) is 0 Å². The molecule has 0 aliphatic heterocycles. The number of furan rings is 1. The van der Waals surface area contributed by atoms with Gasteiger partial charge < -0.3 is 9.32 Å². The molecule has 0 amide bonds. The van der Waals surface area contributed by atoms with Gasteiger partial charge in [0.15, 0.2) is 11.3 Å². The van der Waals surface area contributed by atoms with Crippen LogP contribution in [0.1, 0.15) is 45.2 Å².